The van der Waals surface area contributed by atoms with Crippen molar-refractivity contribution in [3.63, 3.8) is 0 Å². The zero-order chi connectivity index (χ0) is 11.0. The largest absolute Gasteiger partial charge is 0.303 e. The summed E-state index contributed by atoms with van der Waals surface area (Å²) >= 11 is 0. The summed E-state index contributed by atoms with van der Waals surface area (Å²) in [4.78, 5) is 2.32. The van der Waals surface area contributed by atoms with Gasteiger partial charge in [-0.05, 0) is 46.7 Å². The molecule has 0 bridgehead atoms. The molecule has 1 nitrogen and oxygen atoms in total. The summed E-state index contributed by atoms with van der Waals surface area (Å²) in [6.45, 7) is 12.6. The Morgan fingerprint density at radius 2 is 2.00 bits per heavy atom. The first kappa shape index (κ1) is 13.4. The van der Waals surface area contributed by atoms with E-state index in [4.69, 9.17) is 0 Å². The molecule has 0 saturated carbocycles. The first-order valence-electron chi connectivity index (χ1n) is 5.54. The van der Waals surface area contributed by atoms with Gasteiger partial charge in [-0.15, -0.1) is 6.58 Å². The third-order valence-electron chi connectivity index (χ3n) is 2.36. The fourth-order valence-corrected chi connectivity index (χ4v) is 1.35. The van der Waals surface area contributed by atoms with Crippen molar-refractivity contribution >= 4 is 0 Å². The fourth-order valence-electron chi connectivity index (χ4n) is 1.35. The van der Waals surface area contributed by atoms with Crippen LogP contribution in [0.15, 0.2) is 23.8 Å². The van der Waals surface area contributed by atoms with E-state index in [9.17, 15) is 0 Å². The van der Waals surface area contributed by atoms with Crippen LogP contribution in [0.5, 0.6) is 0 Å². The summed E-state index contributed by atoms with van der Waals surface area (Å²) < 4.78 is 0. The third kappa shape index (κ3) is 8.06. The van der Waals surface area contributed by atoms with Crippen LogP contribution in [0.2, 0.25) is 0 Å². The van der Waals surface area contributed by atoms with E-state index >= 15 is 0 Å². The minimum Gasteiger partial charge on any atom is -0.303 e. The molecule has 1 heteroatoms. The Bertz CT molecular complexity index is 191. The highest BCUT2D eigenvalue weighted by Gasteiger charge is 1.95. The molecule has 0 radical (unpaired) electrons. The van der Waals surface area contributed by atoms with Gasteiger partial charge in [0.05, 0.1) is 0 Å². The van der Waals surface area contributed by atoms with Crippen molar-refractivity contribution in [2.75, 3.05) is 20.1 Å². The highest BCUT2D eigenvalue weighted by molar-refractivity contribution is 5.00. The number of hydrogen-bond donors (Lipinski definition) is 0. The smallest absolute Gasteiger partial charge is 0.0186 e. The van der Waals surface area contributed by atoms with Crippen molar-refractivity contribution in [2.45, 2.75) is 40.0 Å². The topological polar surface area (TPSA) is 3.24 Å². The molecule has 0 aliphatic carbocycles. The van der Waals surface area contributed by atoms with Gasteiger partial charge in [0.25, 0.3) is 0 Å². The Morgan fingerprint density at radius 3 is 2.50 bits per heavy atom. The van der Waals surface area contributed by atoms with Gasteiger partial charge in [0.15, 0.2) is 0 Å². The maximum atomic E-state index is 3.90. The number of unbranched alkanes of at least 4 members (excludes halogenated alkanes) is 1. The summed E-state index contributed by atoms with van der Waals surface area (Å²) in [6, 6.07) is 0. The van der Waals surface area contributed by atoms with Crippen LogP contribution in [0.4, 0.5) is 0 Å². The SMILES string of the molecule is C=C(C)CCCC=C(C)CN(C)CC. The van der Waals surface area contributed by atoms with E-state index in [1.807, 2.05) is 0 Å². The van der Waals surface area contributed by atoms with Gasteiger partial charge in [0.1, 0.15) is 0 Å². The molecule has 0 unspecified atom stereocenters. The van der Waals surface area contributed by atoms with Crippen LogP contribution >= 0.6 is 0 Å². The van der Waals surface area contributed by atoms with Crippen molar-refractivity contribution in [3.05, 3.63) is 23.8 Å². The van der Waals surface area contributed by atoms with Gasteiger partial charge >= 0.3 is 0 Å². The van der Waals surface area contributed by atoms with E-state index in [1.165, 1.54) is 24.0 Å². The second-order valence-electron chi connectivity index (χ2n) is 4.23. The molecular formula is C13H25N. The molecule has 14 heavy (non-hydrogen) atoms. The van der Waals surface area contributed by atoms with E-state index in [0.29, 0.717) is 0 Å². The van der Waals surface area contributed by atoms with Crippen LogP contribution in [-0.4, -0.2) is 25.0 Å². The molecule has 0 saturated heterocycles. The minimum absolute atomic E-state index is 1.10. The van der Waals surface area contributed by atoms with Crippen LogP contribution < -0.4 is 0 Å². The maximum absolute atomic E-state index is 3.90. The Hall–Kier alpha value is -0.560. The van der Waals surface area contributed by atoms with Gasteiger partial charge in [0, 0.05) is 6.54 Å². The van der Waals surface area contributed by atoms with Gasteiger partial charge < -0.3 is 4.90 Å². The standard InChI is InChI=1S/C13H25N/c1-6-14(5)11-13(4)10-8-7-9-12(2)3/h10H,2,6-9,11H2,1,3-5H3. The summed E-state index contributed by atoms with van der Waals surface area (Å²) in [5.41, 5.74) is 2.78. The molecule has 0 aromatic carbocycles. The fraction of sp³-hybridized carbons (Fsp3) is 0.692. The van der Waals surface area contributed by atoms with Crippen molar-refractivity contribution in [1.82, 2.24) is 4.90 Å². The molecular weight excluding hydrogens is 170 g/mol. The van der Waals surface area contributed by atoms with E-state index in [1.54, 1.807) is 0 Å². The summed E-state index contributed by atoms with van der Waals surface area (Å²) in [5.74, 6) is 0. The average molecular weight is 195 g/mol. The van der Waals surface area contributed by atoms with Crippen LogP contribution in [-0.2, 0) is 0 Å². The Balaban J connectivity index is 3.61. The highest BCUT2D eigenvalue weighted by Crippen LogP contribution is 2.06. The monoisotopic (exact) mass is 195 g/mol. The summed E-state index contributed by atoms with van der Waals surface area (Å²) in [6.07, 6.45) is 5.95. The second-order valence-corrected chi connectivity index (χ2v) is 4.23. The number of hydrogen-bond acceptors (Lipinski definition) is 1. The predicted molar refractivity (Wildman–Crippen MR) is 65.6 cm³/mol. The molecule has 0 amide bonds. The van der Waals surface area contributed by atoms with E-state index in [0.717, 1.165) is 19.5 Å². The zero-order valence-electron chi connectivity index (χ0n) is 10.3. The molecule has 82 valence electrons. The lowest BCUT2D eigenvalue weighted by Crippen LogP contribution is -2.19. The van der Waals surface area contributed by atoms with E-state index in [-0.39, 0.29) is 0 Å². The number of rotatable bonds is 7. The lowest BCUT2D eigenvalue weighted by Gasteiger charge is -2.13. The zero-order valence-corrected chi connectivity index (χ0v) is 10.3. The Kier molecular flexibility index (Phi) is 7.50. The van der Waals surface area contributed by atoms with E-state index in [2.05, 4.69) is 45.4 Å². The van der Waals surface area contributed by atoms with Crippen LogP contribution in [0.3, 0.4) is 0 Å². The normalized spacial score (nSPS) is 12.2. The molecule has 0 rings (SSSR count). The molecule has 0 aromatic heterocycles. The molecule has 0 spiro atoms. The van der Waals surface area contributed by atoms with Crippen LogP contribution in [0.1, 0.15) is 40.0 Å². The van der Waals surface area contributed by atoms with Crippen LogP contribution in [0.25, 0.3) is 0 Å². The van der Waals surface area contributed by atoms with Crippen molar-refractivity contribution < 1.29 is 0 Å². The number of likely N-dealkylation sites (N-methyl/N-ethyl adjacent to an activating group) is 1. The van der Waals surface area contributed by atoms with Crippen LogP contribution in [0, 0.1) is 0 Å². The Labute approximate surface area is 89.5 Å². The Morgan fingerprint density at radius 1 is 1.36 bits per heavy atom. The second kappa shape index (κ2) is 7.81. The number of nitrogens with zero attached hydrogens (tertiary/aromatic N) is 1. The molecule has 0 aromatic rings. The molecule has 0 heterocycles. The van der Waals surface area contributed by atoms with Gasteiger partial charge in [-0.3, -0.25) is 0 Å². The highest BCUT2D eigenvalue weighted by atomic mass is 15.1. The average Bonchev–Trinajstić information content (AvgIpc) is 2.12. The molecule has 0 atom stereocenters. The van der Waals surface area contributed by atoms with Gasteiger partial charge in [-0.2, -0.15) is 0 Å². The minimum atomic E-state index is 1.10. The first-order chi connectivity index (χ1) is 6.56. The maximum Gasteiger partial charge on any atom is 0.0186 e. The molecule has 0 aliphatic heterocycles. The third-order valence-corrected chi connectivity index (χ3v) is 2.36. The summed E-state index contributed by atoms with van der Waals surface area (Å²) in [7, 11) is 2.16. The lowest BCUT2D eigenvalue weighted by molar-refractivity contribution is 0.383. The predicted octanol–water partition coefficient (Wildman–Crippen LogP) is 3.63. The van der Waals surface area contributed by atoms with Gasteiger partial charge in [-0.25, -0.2) is 0 Å². The van der Waals surface area contributed by atoms with Crippen molar-refractivity contribution in [2.24, 2.45) is 0 Å². The quantitative estimate of drug-likeness (QED) is 0.443. The summed E-state index contributed by atoms with van der Waals surface area (Å²) in [5, 5.41) is 0. The first-order valence-corrected chi connectivity index (χ1v) is 5.54. The van der Waals surface area contributed by atoms with Crippen molar-refractivity contribution in [1.29, 1.82) is 0 Å². The number of allylic oxidation sites excluding steroid dienone is 2. The lowest BCUT2D eigenvalue weighted by atomic mass is 10.1. The molecule has 0 aliphatic rings. The molecule has 0 N–H and O–H groups in total. The van der Waals surface area contributed by atoms with E-state index < -0.39 is 0 Å². The van der Waals surface area contributed by atoms with Gasteiger partial charge in [-0.1, -0.05) is 24.1 Å². The van der Waals surface area contributed by atoms with Crippen molar-refractivity contribution in [3.8, 4) is 0 Å². The van der Waals surface area contributed by atoms with Gasteiger partial charge in [0.2, 0.25) is 0 Å². The molecule has 0 fully saturated rings.